The molecule has 1 aromatic rings. The van der Waals surface area contributed by atoms with Crippen LogP contribution in [-0.2, 0) is 22.4 Å². The molecular weight excluding hydrogens is 242 g/mol. The lowest BCUT2D eigenvalue weighted by molar-refractivity contribution is -0.118. The lowest BCUT2D eigenvalue weighted by Crippen LogP contribution is -2.31. The van der Waals surface area contributed by atoms with Crippen molar-refractivity contribution >= 4 is 17.5 Å². The maximum Gasteiger partial charge on any atom is 0.322 e. The van der Waals surface area contributed by atoms with Crippen molar-refractivity contribution in [3.05, 3.63) is 29.3 Å². The standard InChI is InChI=1S/C14H15N3O2/c1-17-12-4-2-10(6-7-16-13(18)9-15)8-11(12)3-5-14(17)19/h2,4,8H,3,5-7H2,1H3,(H,16,18). The van der Waals surface area contributed by atoms with Crippen LogP contribution in [0.1, 0.15) is 17.5 Å². The maximum atomic E-state index is 11.6. The Balaban J connectivity index is 2.04. The monoisotopic (exact) mass is 257 g/mol. The minimum atomic E-state index is -0.608. The molecule has 0 spiro atoms. The molecule has 0 bridgehead atoms. The topological polar surface area (TPSA) is 73.2 Å². The smallest absolute Gasteiger partial charge is 0.322 e. The zero-order chi connectivity index (χ0) is 13.8. The van der Waals surface area contributed by atoms with Crippen LogP contribution in [-0.4, -0.2) is 25.4 Å². The molecule has 1 N–H and O–H groups in total. The van der Waals surface area contributed by atoms with E-state index in [-0.39, 0.29) is 5.91 Å². The van der Waals surface area contributed by atoms with Crippen molar-refractivity contribution in [2.45, 2.75) is 19.3 Å². The Hall–Kier alpha value is -2.35. The highest BCUT2D eigenvalue weighted by Gasteiger charge is 2.20. The van der Waals surface area contributed by atoms with Gasteiger partial charge in [-0.1, -0.05) is 12.1 Å². The SMILES string of the molecule is CN1C(=O)CCc2cc(CCNC(=O)C#N)ccc21. The van der Waals surface area contributed by atoms with E-state index in [9.17, 15) is 9.59 Å². The van der Waals surface area contributed by atoms with Gasteiger partial charge in [-0.2, -0.15) is 5.26 Å². The number of hydrogen-bond donors (Lipinski definition) is 1. The zero-order valence-corrected chi connectivity index (χ0v) is 10.8. The van der Waals surface area contributed by atoms with E-state index < -0.39 is 5.91 Å². The van der Waals surface area contributed by atoms with Crippen LogP contribution in [0.25, 0.3) is 0 Å². The molecule has 1 aromatic carbocycles. The Morgan fingerprint density at radius 2 is 2.26 bits per heavy atom. The lowest BCUT2D eigenvalue weighted by atomic mass is 9.98. The molecule has 5 heteroatoms. The fraction of sp³-hybridized carbons (Fsp3) is 0.357. The first kappa shape index (κ1) is 13.1. The second kappa shape index (κ2) is 5.53. The molecule has 1 heterocycles. The average molecular weight is 257 g/mol. The van der Waals surface area contributed by atoms with E-state index in [1.807, 2.05) is 12.1 Å². The molecule has 0 fully saturated rings. The number of hydrogen-bond acceptors (Lipinski definition) is 3. The summed E-state index contributed by atoms with van der Waals surface area (Å²) in [6.07, 6.45) is 1.98. The number of fused-ring (bicyclic) bond motifs is 1. The summed E-state index contributed by atoms with van der Waals surface area (Å²) in [4.78, 5) is 24.0. The van der Waals surface area contributed by atoms with Crippen LogP contribution in [0.4, 0.5) is 5.69 Å². The Labute approximate surface area is 111 Å². The molecule has 0 radical (unpaired) electrons. The van der Waals surface area contributed by atoms with Crippen molar-refractivity contribution in [3.63, 3.8) is 0 Å². The van der Waals surface area contributed by atoms with Gasteiger partial charge in [-0.25, -0.2) is 0 Å². The minimum absolute atomic E-state index is 0.140. The van der Waals surface area contributed by atoms with Crippen LogP contribution < -0.4 is 10.2 Å². The first-order chi connectivity index (χ1) is 9.11. The number of anilines is 1. The van der Waals surface area contributed by atoms with E-state index in [4.69, 9.17) is 5.26 Å². The number of nitrogens with one attached hydrogen (secondary N) is 1. The summed E-state index contributed by atoms with van der Waals surface area (Å²) in [5.74, 6) is -0.468. The largest absolute Gasteiger partial charge is 0.343 e. The van der Waals surface area contributed by atoms with Gasteiger partial charge in [0, 0.05) is 25.7 Å². The van der Waals surface area contributed by atoms with E-state index in [0.717, 1.165) is 23.2 Å². The fourth-order valence-electron chi connectivity index (χ4n) is 2.23. The van der Waals surface area contributed by atoms with Crippen LogP contribution >= 0.6 is 0 Å². The highest BCUT2D eigenvalue weighted by Crippen LogP contribution is 2.27. The number of rotatable bonds is 3. The molecule has 2 rings (SSSR count). The van der Waals surface area contributed by atoms with Crippen molar-refractivity contribution < 1.29 is 9.59 Å². The van der Waals surface area contributed by atoms with Crippen LogP contribution in [0.2, 0.25) is 0 Å². The molecule has 98 valence electrons. The number of carbonyl (C=O) groups excluding carboxylic acids is 2. The number of benzene rings is 1. The van der Waals surface area contributed by atoms with Gasteiger partial charge in [0.05, 0.1) is 0 Å². The third-order valence-electron chi connectivity index (χ3n) is 3.29. The van der Waals surface area contributed by atoms with Crippen LogP contribution in [0, 0.1) is 11.3 Å². The van der Waals surface area contributed by atoms with Gasteiger partial charge in [-0.15, -0.1) is 0 Å². The van der Waals surface area contributed by atoms with Crippen molar-refractivity contribution in [3.8, 4) is 6.07 Å². The highest BCUT2D eigenvalue weighted by molar-refractivity contribution is 5.95. The predicted octanol–water partition coefficient (Wildman–Crippen LogP) is 0.778. The lowest BCUT2D eigenvalue weighted by Gasteiger charge is -2.26. The van der Waals surface area contributed by atoms with Gasteiger partial charge >= 0.3 is 5.91 Å². The van der Waals surface area contributed by atoms with Crippen LogP contribution in [0.5, 0.6) is 0 Å². The molecule has 0 aliphatic carbocycles. The summed E-state index contributed by atoms with van der Waals surface area (Å²) < 4.78 is 0. The number of carbonyl (C=O) groups is 2. The summed E-state index contributed by atoms with van der Waals surface area (Å²) in [7, 11) is 1.78. The molecule has 0 aromatic heterocycles. The Kier molecular flexibility index (Phi) is 3.81. The van der Waals surface area contributed by atoms with Gasteiger partial charge < -0.3 is 10.2 Å². The molecule has 0 saturated carbocycles. The summed E-state index contributed by atoms with van der Waals surface area (Å²) in [6, 6.07) is 7.47. The molecule has 19 heavy (non-hydrogen) atoms. The molecule has 1 aliphatic rings. The Bertz CT molecular complexity index is 560. The zero-order valence-electron chi connectivity index (χ0n) is 10.8. The predicted molar refractivity (Wildman–Crippen MR) is 70.5 cm³/mol. The minimum Gasteiger partial charge on any atom is -0.343 e. The summed E-state index contributed by atoms with van der Waals surface area (Å²) >= 11 is 0. The average Bonchev–Trinajstić information content (AvgIpc) is 2.43. The first-order valence-electron chi connectivity index (χ1n) is 6.18. The van der Waals surface area contributed by atoms with Crippen molar-refractivity contribution in [1.82, 2.24) is 5.32 Å². The normalized spacial score (nSPS) is 13.7. The fourth-order valence-corrected chi connectivity index (χ4v) is 2.23. The van der Waals surface area contributed by atoms with Crippen LogP contribution in [0.15, 0.2) is 18.2 Å². The Morgan fingerprint density at radius 3 is 3.00 bits per heavy atom. The van der Waals surface area contributed by atoms with Gasteiger partial charge in [0.25, 0.3) is 0 Å². The van der Waals surface area contributed by atoms with Crippen LogP contribution in [0.3, 0.4) is 0 Å². The number of nitrogens with zero attached hydrogens (tertiary/aromatic N) is 2. The van der Waals surface area contributed by atoms with E-state index in [1.165, 1.54) is 6.07 Å². The second-order valence-electron chi connectivity index (χ2n) is 4.53. The number of nitriles is 1. The van der Waals surface area contributed by atoms with Gasteiger partial charge in [0.2, 0.25) is 5.91 Å². The highest BCUT2D eigenvalue weighted by atomic mass is 16.2. The summed E-state index contributed by atoms with van der Waals surface area (Å²) in [5.41, 5.74) is 3.21. The molecule has 0 saturated heterocycles. The second-order valence-corrected chi connectivity index (χ2v) is 4.53. The van der Waals surface area contributed by atoms with Gasteiger partial charge in [-0.05, 0) is 30.0 Å². The molecule has 1 aliphatic heterocycles. The third-order valence-corrected chi connectivity index (χ3v) is 3.29. The van der Waals surface area contributed by atoms with E-state index in [0.29, 0.717) is 19.4 Å². The van der Waals surface area contributed by atoms with Crippen molar-refractivity contribution in [2.24, 2.45) is 0 Å². The summed E-state index contributed by atoms with van der Waals surface area (Å²) in [5, 5.41) is 10.9. The summed E-state index contributed by atoms with van der Waals surface area (Å²) in [6.45, 7) is 0.444. The Morgan fingerprint density at radius 1 is 1.47 bits per heavy atom. The van der Waals surface area contributed by atoms with E-state index in [2.05, 4.69) is 11.4 Å². The molecule has 2 amide bonds. The number of aryl methyl sites for hydroxylation is 1. The van der Waals surface area contributed by atoms with Gasteiger partial charge in [0.1, 0.15) is 0 Å². The molecule has 0 atom stereocenters. The van der Waals surface area contributed by atoms with E-state index >= 15 is 0 Å². The number of amides is 2. The maximum absolute atomic E-state index is 11.6. The first-order valence-corrected chi connectivity index (χ1v) is 6.18. The molecule has 5 nitrogen and oxygen atoms in total. The van der Waals surface area contributed by atoms with Gasteiger partial charge in [-0.3, -0.25) is 9.59 Å². The van der Waals surface area contributed by atoms with E-state index in [1.54, 1.807) is 11.9 Å². The van der Waals surface area contributed by atoms with Gasteiger partial charge in [0.15, 0.2) is 6.07 Å². The molecular formula is C14H15N3O2. The third kappa shape index (κ3) is 2.91. The van der Waals surface area contributed by atoms with Crippen molar-refractivity contribution in [1.29, 1.82) is 5.26 Å². The van der Waals surface area contributed by atoms with Crippen molar-refractivity contribution in [2.75, 3.05) is 18.5 Å². The quantitative estimate of drug-likeness (QED) is 0.813. The molecule has 0 unspecified atom stereocenters.